The summed E-state index contributed by atoms with van der Waals surface area (Å²) in [4.78, 5) is 43.1. The van der Waals surface area contributed by atoms with Crippen LogP contribution in [-0.2, 0) is 20.9 Å². The van der Waals surface area contributed by atoms with E-state index in [0.717, 1.165) is 21.6 Å². The Morgan fingerprint density at radius 3 is 2.65 bits per heavy atom. The number of aryl methyl sites for hydroxylation is 2. The zero-order valence-corrected chi connectivity index (χ0v) is 18.5. The second-order valence-corrected chi connectivity index (χ2v) is 8.88. The Morgan fingerprint density at radius 2 is 1.94 bits per heavy atom. The van der Waals surface area contributed by atoms with Crippen molar-refractivity contribution in [1.29, 1.82) is 0 Å². The predicted octanol–water partition coefficient (Wildman–Crippen LogP) is 3.99. The number of nitrogens with one attached hydrogen (secondary N) is 1. The van der Waals surface area contributed by atoms with Crippen molar-refractivity contribution in [3.8, 4) is 10.4 Å². The highest BCUT2D eigenvalue weighted by atomic mass is 32.1. The molecule has 31 heavy (non-hydrogen) atoms. The molecule has 0 saturated heterocycles. The van der Waals surface area contributed by atoms with Crippen LogP contribution < -0.4 is 10.9 Å². The summed E-state index contributed by atoms with van der Waals surface area (Å²) >= 11 is 2.92. The molecule has 0 bridgehead atoms. The quantitative estimate of drug-likeness (QED) is 0.446. The molecule has 3 heterocycles. The van der Waals surface area contributed by atoms with Gasteiger partial charge in [-0.15, -0.1) is 22.7 Å². The first-order valence-corrected chi connectivity index (χ1v) is 11.2. The number of carbonyl (C=O) groups excluding carboxylic acids is 2. The van der Waals surface area contributed by atoms with E-state index in [2.05, 4.69) is 10.3 Å². The van der Waals surface area contributed by atoms with E-state index in [0.29, 0.717) is 15.9 Å². The van der Waals surface area contributed by atoms with E-state index in [1.165, 1.54) is 33.6 Å². The summed E-state index contributed by atoms with van der Waals surface area (Å²) in [5, 5.41) is 7.02. The third kappa shape index (κ3) is 4.73. The summed E-state index contributed by atoms with van der Waals surface area (Å²) in [6.45, 7) is 3.11. The minimum atomic E-state index is -0.688. The van der Waals surface area contributed by atoms with E-state index >= 15 is 0 Å². The molecule has 0 fully saturated rings. The number of amides is 1. The van der Waals surface area contributed by atoms with Gasteiger partial charge in [0.1, 0.15) is 11.4 Å². The van der Waals surface area contributed by atoms with Crippen LogP contribution >= 0.6 is 22.7 Å². The zero-order valence-electron chi connectivity index (χ0n) is 16.9. The average molecular weight is 454 g/mol. The summed E-state index contributed by atoms with van der Waals surface area (Å²) in [6.07, 6.45) is 1.33. The molecule has 4 aromatic rings. The van der Waals surface area contributed by atoms with Gasteiger partial charge in [0.25, 0.3) is 11.5 Å². The average Bonchev–Trinajstić information content (AvgIpc) is 3.37. The summed E-state index contributed by atoms with van der Waals surface area (Å²) in [5.74, 6) is -1.14. The lowest BCUT2D eigenvalue weighted by atomic mass is 10.1. The van der Waals surface area contributed by atoms with E-state index < -0.39 is 18.5 Å². The fourth-order valence-corrected chi connectivity index (χ4v) is 4.99. The number of ether oxygens (including phenoxy) is 1. The van der Waals surface area contributed by atoms with Crippen molar-refractivity contribution in [1.82, 2.24) is 9.55 Å². The van der Waals surface area contributed by atoms with Crippen LogP contribution in [0.1, 0.15) is 11.1 Å². The molecule has 1 N–H and O–H groups in total. The number of esters is 1. The van der Waals surface area contributed by atoms with Crippen LogP contribution in [-0.4, -0.2) is 28.0 Å². The number of nitrogens with zero attached hydrogens (tertiary/aromatic N) is 2. The van der Waals surface area contributed by atoms with Gasteiger partial charge >= 0.3 is 5.97 Å². The fraction of sp³-hybridized carbons (Fsp3) is 0.182. The molecule has 0 saturated carbocycles. The molecule has 0 unspecified atom stereocenters. The number of rotatable bonds is 6. The van der Waals surface area contributed by atoms with Crippen molar-refractivity contribution in [2.24, 2.45) is 0 Å². The molecule has 4 rings (SSSR count). The maximum atomic E-state index is 12.9. The van der Waals surface area contributed by atoms with Gasteiger partial charge in [0.15, 0.2) is 6.61 Å². The molecule has 3 aromatic heterocycles. The van der Waals surface area contributed by atoms with Crippen LogP contribution in [0.15, 0.2) is 52.2 Å². The SMILES string of the molecule is Cc1cc(C)cc(NC(=O)COC(=O)Cn2cnc3scc(-c4cccs4)c3c2=O)c1. The smallest absolute Gasteiger partial charge is 0.326 e. The summed E-state index contributed by atoms with van der Waals surface area (Å²) < 4.78 is 6.26. The van der Waals surface area contributed by atoms with Gasteiger partial charge in [0.2, 0.25) is 0 Å². The van der Waals surface area contributed by atoms with Crippen molar-refractivity contribution in [3.05, 3.63) is 68.9 Å². The van der Waals surface area contributed by atoms with Crippen LogP contribution in [0.2, 0.25) is 0 Å². The van der Waals surface area contributed by atoms with Crippen LogP contribution in [0, 0.1) is 13.8 Å². The lowest BCUT2D eigenvalue weighted by Gasteiger charge is -2.09. The molecule has 158 valence electrons. The van der Waals surface area contributed by atoms with E-state index in [9.17, 15) is 14.4 Å². The Bertz CT molecular complexity index is 1300. The number of benzene rings is 1. The number of carbonyl (C=O) groups is 2. The number of anilines is 1. The third-order valence-electron chi connectivity index (χ3n) is 4.52. The highest BCUT2D eigenvalue weighted by molar-refractivity contribution is 7.18. The topological polar surface area (TPSA) is 90.3 Å². The predicted molar refractivity (Wildman–Crippen MR) is 123 cm³/mol. The number of fused-ring (bicyclic) bond motifs is 1. The highest BCUT2D eigenvalue weighted by Gasteiger charge is 2.16. The Morgan fingerprint density at radius 1 is 1.16 bits per heavy atom. The van der Waals surface area contributed by atoms with Gasteiger partial charge in [-0.1, -0.05) is 12.1 Å². The minimum Gasteiger partial charge on any atom is -0.454 e. The number of hydrogen-bond acceptors (Lipinski definition) is 7. The molecule has 0 aliphatic heterocycles. The Balaban J connectivity index is 1.42. The molecule has 0 aliphatic rings. The van der Waals surface area contributed by atoms with Crippen molar-refractivity contribution in [2.45, 2.75) is 20.4 Å². The van der Waals surface area contributed by atoms with Gasteiger partial charge in [-0.25, -0.2) is 4.98 Å². The Hall–Kier alpha value is -3.30. The molecule has 7 nitrogen and oxygen atoms in total. The van der Waals surface area contributed by atoms with Crippen LogP contribution in [0.5, 0.6) is 0 Å². The van der Waals surface area contributed by atoms with E-state index in [-0.39, 0.29) is 12.1 Å². The van der Waals surface area contributed by atoms with Gasteiger partial charge in [-0.05, 0) is 48.6 Å². The number of thiophene rings is 2. The van der Waals surface area contributed by atoms with Crippen molar-refractivity contribution in [3.63, 3.8) is 0 Å². The summed E-state index contributed by atoms with van der Waals surface area (Å²) in [7, 11) is 0. The summed E-state index contributed by atoms with van der Waals surface area (Å²) in [5.41, 5.74) is 3.17. The normalized spacial score (nSPS) is 10.9. The maximum Gasteiger partial charge on any atom is 0.326 e. The standard InChI is InChI=1S/C22H19N3O4S2/c1-13-6-14(2)8-15(7-13)24-18(26)10-29-19(27)9-25-12-23-21-20(22(25)28)16(11-31-21)17-4-3-5-30-17/h3-8,11-12H,9-10H2,1-2H3,(H,24,26). The van der Waals surface area contributed by atoms with Crippen LogP contribution in [0.4, 0.5) is 5.69 Å². The molecule has 1 aromatic carbocycles. The first-order chi connectivity index (χ1) is 14.9. The minimum absolute atomic E-state index is 0.314. The largest absolute Gasteiger partial charge is 0.454 e. The zero-order chi connectivity index (χ0) is 22.0. The third-order valence-corrected chi connectivity index (χ3v) is 6.31. The second-order valence-electron chi connectivity index (χ2n) is 7.07. The highest BCUT2D eigenvalue weighted by Crippen LogP contribution is 2.33. The summed E-state index contributed by atoms with van der Waals surface area (Å²) in [6, 6.07) is 9.51. The number of hydrogen-bond donors (Lipinski definition) is 1. The van der Waals surface area contributed by atoms with Gasteiger partial charge in [0.05, 0.1) is 11.7 Å². The second kappa shape index (κ2) is 8.83. The lowest BCUT2D eigenvalue weighted by Crippen LogP contribution is -2.28. The van der Waals surface area contributed by atoms with E-state index in [1.807, 2.05) is 54.9 Å². The molecule has 0 atom stereocenters. The molecule has 0 aliphatic carbocycles. The molecule has 9 heteroatoms. The molecular weight excluding hydrogens is 434 g/mol. The monoisotopic (exact) mass is 453 g/mol. The van der Waals surface area contributed by atoms with Gasteiger partial charge < -0.3 is 10.1 Å². The number of aromatic nitrogens is 2. The Kier molecular flexibility index (Phi) is 5.97. The maximum absolute atomic E-state index is 12.9. The van der Waals surface area contributed by atoms with Crippen molar-refractivity contribution >= 4 is 50.5 Å². The molecule has 1 amide bonds. The fourth-order valence-electron chi connectivity index (χ4n) is 3.27. The van der Waals surface area contributed by atoms with Crippen molar-refractivity contribution in [2.75, 3.05) is 11.9 Å². The lowest BCUT2D eigenvalue weighted by molar-refractivity contribution is -0.147. The van der Waals surface area contributed by atoms with Gasteiger partial charge in [-0.2, -0.15) is 0 Å². The van der Waals surface area contributed by atoms with Crippen LogP contribution in [0.3, 0.4) is 0 Å². The first-order valence-electron chi connectivity index (χ1n) is 9.45. The molecular formula is C22H19N3O4S2. The first kappa shape index (κ1) is 21.0. The Labute approximate surface area is 185 Å². The van der Waals surface area contributed by atoms with Crippen LogP contribution in [0.25, 0.3) is 20.7 Å². The molecule has 0 spiro atoms. The molecule has 0 radical (unpaired) electrons. The van der Waals surface area contributed by atoms with Gasteiger partial charge in [-0.3, -0.25) is 19.0 Å². The van der Waals surface area contributed by atoms with Crippen molar-refractivity contribution < 1.29 is 14.3 Å². The van der Waals surface area contributed by atoms with E-state index in [4.69, 9.17) is 4.74 Å². The van der Waals surface area contributed by atoms with Gasteiger partial charge in [0, 0.05) is 21.5 Å². The van der Waals surface area contributed by atoms with E-state index in [1.54, 1.807) is 0 Å².